The van der Waals surface area contributed by atoms with Gasteiger partial charge in [0.15, 0.2) is 0 Å². The van der Waals surface area contributed by atoms with Crippen LogP contribution in [0, 0.1) is 0 Å². The summed E-state index contributed by atoms with van der Waals surface area (Å²) in [6.45, 7) is 5.69. The van der Waals surface area contributed by atoms with Crippen molar-refractivity contribution in [3.63, 3.8) is 0 Å². The molecular weight excluding hydrogens is 270 g/mol. The third-order valence-corrected chi connectivity index (χ3v) is 3.24. The maximum Gasteiger partial charge on any atom is 0.121 e. The van der Waals surface area contributed by atoms with Gasteiger partial charge in [0.2, 0.25) is 0 Å². The predicted octanol–water partition coefficient (Wildman–Crippen LogP) is 4.42. The molecule has 20 heavy (non-hydrogen) atoms. The van der Waals surface area contributed by atoms with E-state index in [1.807, 2.05) is 30.3 Å². The van der Waals surface area contributed by atoms with Crippen LogP contribution in [0.3, 0.4) is 0 Å². The molecule has 0 radical (unpaired) electrons. The van der Waals surface area contributed by atoms with Crippen molar-refractivity contribution >= 4 is 11.6 Å². The maximum absolute atomic E-state index is 5.95. The second kappa shape index (κ2) is 7.32. The minimum atomic E-state index is 0.469. The van der Waals surface area contributed by atoms with E-state index in [0.717, 1.165) is 12.3 Å². The molecule has 3 heteroatoms. The predicted molar refractivity (Wildman–Crippen MR) is 84.2 cm³/mol. The fraction of sp³-hybridized carbons (Fsp3) is 0.294. The van der Waals surface area contributed by atoms with E-state index >= 15 is 0 Å². The van der Waals surface area contributed by atoms with Gasteiger partial charge in [-0.1, -0.05) is 55.8 Å². The highest BCUT2D eigenvalue weighted by Crippen LogP contribution is 2.19. The van der Waals surface area contributed by atoms with Gasteiger partial charge < -0.3 is 10.1 Å². The molecule has 0 fully saturated rings. The van der Waals surface area contributed by atoms with Crippen molar-refractivity contribution in [3.8, 4) is 5.75 Å². The Hall–Kier alpha value is -1.51. The Labute approximate surface area is 125 Å². The SMILES string of the molecule is CC(C)NCc1ccccc1COc1cccc(Cl)c1. The van der Waals surface area contributed by atoms with Crippen molar-refractivity contribution in [1.82, 2.24) is 5.32 Å². The van der Waals surface area contributed by atoms with E-state index in [1.54, 1.807) is 0 Å². The summed E-state index contributed by atoms with van der Waals surface area (Å²) in [5.74, 6) is 0.795. The lowest BCUT2D eigenvalue weighted by molar-refractivity contribution is 0.304. The molecule has 106 valence electrons. The van der Waals surface area contributed by atoms with Gasteiger partial charge in [-0.05, 0) is 29.3 Å². The van der Waals surface area contributed by atoms with Gasteiger partial charge in [-0.2, -0.15) is 0 Å². The molecule has 0 aliphatic carbocycles. The van der Waals surface area contributed by atoms with Gasteiger partial charge in [-0.25, -0.2) is 0 Å². The van der Waals surface area contributed by atoms with Crippen LogP contribution in [0.25, 0.3) is 0 Å². The fourth-order valence-corrected chi connectivity index (χ4v) is 2.08. The van der Waals surface area contributed by atoms with Gasteiger partial charge in [0, 0.05) is 17.6 Å². The van der Waals surface area contributed by atoms with Gasteiger partial charge in [0.05, 0.1) is 0 Å². The van der Waals surface area contributed by atoms with Crippen LogP contribution in [0.2, 0.25) is 5.02 Å². The molecule has 0 amide bonds. The van der Waals surface area contributed by atoms with E-state index in [4.69, 9.17) is 16.3 Å². The Balaban J connectivity index is 2.02. The summed E-state index contributed by atoms with van der Waals surface area (Å²) in [4.78, 5) is 0. The average Bonchev–Trinajstić information content (AvgIpc) is 2.44. The zero-order valence-electron chi connectivity index (χ0n) is 11.9. The van der Waals surface area contributed by atoms with Crippen molar-refractivity contribution in [2.75, 3.05) is 0 Å². The van der Waals surface area contributed by atoms with E-state index in [-0.39, 0.29) is 0 Å². The van der Waals surface area contributed by atoms with Gasteiger partial charge in [0.25, 0.3) is 0 Å². The molecule has 0 aliphatic rings. The third kappa shape index (κ3) is 4.55. The van der Waals surface area contributed by atoms with E-state index in [0.29, 0.717) is 17.7 Å². The number of ether oxygens (including phenoxy) is 1. The normalized spacial score (nSPS) is 10.8. The second-order valence-corrected chi connectivity index (χ2v) is 5.49. The van der Waals surface area contributed by atoms with E-state index < -0.39 is 0 Å². The highest BCUT2D eigenvalue weighted by atomic mass is 35.5. The van der Waals surface area contributed by atoms with Gasteiger partial charge in [-0.3, -0.25) is 0 Å². The molecule has 0 atom stereocenters. The van der Waals surface area contributed by atoms with Crippen LogP contribution in [0.1, 0.15) is 25.0 Å². The standard InChI is InChI=1S/C17H20ClNO/c1-13(2)19-11-14-6-3-4-7-15(14)12-20-17-9-5-8-16(18)10-17/h3-10,13,19H,11-12H2,1-2H3. The summed E-state index contributed by atoms with van der Waals surface area (Å²) in [6, 6.07) is 16.3. The molecule has 0 unspecified atom stereocenters. The molecule has 0 spiro atoms. The highest BCUT2D eigenvalue weighted by molar-refractivity contribution is 6.30. The zero-order valence-corrected chi connectivity index (χ0v) is 12.7. The quantitative estimate of drug-likeness (QED) is 0.850. The lowest BCUT2D eigenvalue weighted by Crippen LogP contribution is -2.22. The largest absolute Gasteiger partial charge is 0.489 e. The summed E-state index contributed by atoms with van der Waals surface area (Å²) in [5, 5.41) is 4.12. The molecule has 0 saturated carbocycles. The Bertz CT molecular complexity index is 554. The van der Waals surface area contributed by atoms with Crippen LogP contribution in [0.4, 0.5) is 0 Å². The van der Waals surface area contributed by atoms with Crippen LogP contribution in [0.15, 0.2) is 48.5 Å². The van der Waals surface area contributed by atoms with Crippen molar-refractivity contribution < 1.29 is 4.74 Å². The zero-order chi connectivity index (χ0) is 14.4. The summed E-state index contributed by atoms with van der Waals surface area (Å²) in [6.07, 6.45) is 0. The van der Waals surface area contributed by atoms with E-state index in [1.165, 1.54) is 11.1 Å². The topological polar surface area (TPSA) is 21.3 Å². The van der Waals surface area contributed by atoms with Crippen molar-refractivity contribution in [1.29, 1.82) is 0 Å². The van der Waals surface area contributed by atoms with Crippen molar-refractivity contribution in [2.24, 2.45) is 0 Å². The number of benzene rings is 2. The molecule has 0 bridgehead atoms. The molecule has 0 saturated heterocycles. The molecule has 2 nitrogen and oxygen atoms in total. The van der Waals surface area contributed by atoms with Gasteiger partial charge in [0.1, 0.15) is 12.4 Å². The molecular formula is C17H20ClNO. The molecule has 0 heterocycles. The molecule has 0 aromatic heterocycles. The number of nitrogens with one attached hydrogen (secondary N) is 1. The molecule has 2 rings (SSSR count). The molecule has 1 N–H and O–H groups in total. The van der Waals surface area contributed by atoms with Crippen LogP contribution in [0.5, 0.6) is 5.75 Å². The summed E-state index contributed by atoms with van der Waals surface area (Å²) < 4.78 is 5.81. The van der Waals surface area contributed by atoms with Crippen molar-refractivity contribution in [3.05, 3.63) is 64.7 Å². The number of halogens is 1. The smallest absolute Gasteiger partial charge is 0.121 e. The number of rotatable bonds is 6. The minimum absolute atomic E-state index is 0.469. The molecule has 0 aliphatic heterocycles. The number of hydrogen-bond acceptors (Lipinski definition) is 2. The van der Waals surface area contributed by atoms with Gasteiger partial charge in [-0.15, -0.1) is 0 Å². The minimum Gasteiger partial charge on any atom is -0.489 e. The van der Waals surface area contributed by atoms with Crippen molar-refractivity contribution in [2.45, 2.75) is 33.0 Å². The highest BCUT2D eigenvalue weighted by Gasteiger charge is 2.04. The van der Waals surface area contributed by atoms with Crippen LogP contribution in [-0.2, 0) is 13.2 Å². The molecule has 2 aromatic rings. The van der Waals surface area contributed by atoms with Crippen LogP contribution in [-0.4, -0.2) is 6.04 Å². The van der Waals surface area contributed by atoms with Crippen LogP contribution >= 0.6 is 11.6 Å². The van der Waals surface area contributed by atoms with E-state index in [9.17, 15) is 0 Å². The third-order valence-electron chi connectivity index (χ3n) is 3.01. The first-order chi connectivity index (χ1) is 9.65. The first-order valence-corrected chi connectivity index (χ1v) is 7.21. The Morgan fingerprint density at radius 2 is 1.80 bits per heavy atom. The Morgan fingerprint density at radius 3 is 2.50 bits per heavy atom. The lowest BCUT2D eigenvalue weighted by atomic mass is 10.1. The lowest BCUT2D eigenvalue weighted by Gasteiger charge is -2.13. The number of hydrogen-bond donors (Lipinski definition) is 1. The monoisotopic (exact) mass is 289 g/mol. The van der Waals surface area contributed by atoms with Crippen LogP contribution < -0.4 is 10.1 Å². The maximum atomic E-state index is 5.95. The Kier molecular flexibility index (Phi) is 5.45. The summed E-state index contributed by atoms with van der Waals surface area (Å²) in [5.41, 5.74) is 2.46. The first-order valence-electron chi connectivity index (χ1n) is 6.83. The molecule has 2 aromatic carbocycles. The summed E-state index contributed by atoms with van der Waals surface area (Å²) >= 11 is 5.95. The van der Waals surface area contributed by atoms with Gasteiger partial charge >= 0.3 is 0 Å². The summed E-state index contributed by atoms with van der Waals surface area (Å²) in [7, 11) is 0. The fourth-order valence-electron chi connectivity index (χ4n) is 1.90. The van der Waals surface area contributed by atoms with E-state index in [2.05, 4.69) is 37.4 Å². The average molecular weight is 290 g/mol. The first kappa shape index (κ1) is 14.9. The Morgan fingerprint density at radius 1 is 1.05 bits per heavy atom. The second-order valence-electron chi connectivity index (χ2n) is 5.05.